The van der Waals surface area contributed by atoms with Crippen molar-refractivity contribution in [2.45, 2.75) is 19.3 Å². The SMILES string of the molecule is C1=CCC2CCCNC2=C1.[Na]. The molecule has 0 spiro atoms. The van der Waals surface area contributed by atoms with Gasteiger partial charge < -0.3 is 5.32 Å². The van der Waals surface area contributed by atoms with Crippen LogP contribution in [0.4, 0.5) is 0 Å². The van der Waals surface area contributed by atoms with Crippen molar-refractivity contribution in [2.24, 2.45) is 5.92 Å². The Morgan fingerprint density at radius 1 is 1.45 bits per heavy atom. The molecule has 1 nitrogen and oxygen atoms in total. The Labute approximate surface area is 90.2 Å². The van der Waals surface area contributed by atoms with Crippen LogP contribution >= 0.6 is 0 Å². The number of nitrogens with one attached hydrogen (secondary N) is 1. The monoisotopic (exact) mass is 158 g/mol. The molecule has 1 heterocycles. The van der Waals surface area contributed by atoms with Crippen molar-refractivity contribution >= 4 is 29.6 Å². The Hall–Kier alpha value is 0.280. The van der Waals surface area contributed by atoms with Gasteiger partial charge in [0, 0.05) is 47.7 Å². The average molecular weight is 158 g/mol. The van der Waals surface area contributed by atoms with Crippen LogP contribution in [0.2, 0.25) is 0 Å². The fourth-order valence-electron chi connectivity index (χ4n) is 1.74. The number of allylic oxidation sites excluding steroid dienone is 4. The van der Waals surface area contributed by atoms with Gasteiger partial charge in [-0.15, -0.1) is 0 Å². The molecule has 1 fully saturated rings. The topological polar surface area (TPSA) is 12.0 Å². The van der Waals surface area contributed by atoms with E-state index in [0.717, 1.165) is 5.92 Å². The zero-order valence-electron chi connectivity index (χ0n) is 7.14. The maximum Gasteiger partial charge on any atom is 0.0144 e. The number of rotatable bonds is 0. The van der Waals surface area contributed by atoms with Crippen LogP contribution in [0.25, 0.3) is 0 Å². The molecular weight excluding hydrogens is 145 g/mol. The van der Waals surface area contributed by atoms with E-state index in [9.17, 15) is 0 Å². The maximum atomic E-state index is 3.43. The van der Waals surface area contributed by atoms with Crippen LogP contribution in [0.15, 0.2) is 23.9 Å². The summed E-state index contributed by atoms with van der Waals surface area (Å²) in [4.78, 5) is 0. The second-order valence-electron chi connectivity index (χ2n) is 3.05. The largest absolute Gasteiger partial charge is 0.388 e. The van der Waals surface area contributed by atoms with Crippen LogP contribution in [0.5, 0.6) is 0 Å². The molecule has 0 bridgehead atoms. The third-order valence-corrected chi connectivity index (χ3v) is 2.33. The molecule has 1 atom stereocenters. The Kier molecular flexibility index (Phi) is 3.70. The van der Waals surface area contributed by atoms with Crippen molar-refractivity contribution in [1.29, 1.82) is 0 Å². The fraction of sp³-hybridized carbons (Fsp3) is 0.556. The molecule has 0 saturated carbocycles. The zero-order chi connectivity index (χ0) is 6.81. The second-order valence-corrected chi connectivity index (χ2v) is 3.05. The third kappa shape index (κ3) is 2.11. The van der Waals surface area contributed by atoms with Crippen LogP contribution < -0.4 is 5.32 Å². The van der Waals surface area contributed by atoms with Gasteiger partial charge in [-0.25, -0.2) is 0 Å². The van der Waals surface area contributed by atoms with Gasteiger partial charge in [0.1, 0.15) is 0 Å². The molecule has 2 heteroatoms. The third-order valence-electron chi connectivity index (χ3n) is 2.33. The van der Waals surface area contributed by atoms with Crippen LogP contribution in [-0.2, 0) is 0 Å². The molecular formula is C9H13NNa. The van der Waals surface area contributed by atoms with Crippen LogP contribution in [0, 0.1) is 5.92 Å². The first kappa shape index (κ1) is 9.37. The summed E-state index contributed by atoms with van der Waals surface area (Å²) in [5.74, 6) is 0.818. The van der Waals surface area contributed by atoms with E-state index in [1.165, 1.54) is 31.5 Å². The first-order chi connectivity index (χ1) is 4.97. The van der Waals surface area contributed by atoms with Crippen molar-refractivity contribution < 1.29 is 0 Å². The smallest absolute Gasteiger partial charge is 0.0144 e. The van der Waals surface area contributed by atoms with E-state index in [4.69, 9.17) is 0 Å². The Morgan fingerprint density at radius 3 is 3.18 bits per heavy atom. The van der Waals surface area contributed by atoms with Gasteiger partial charge in [0.15, 0.2) is 0 Å². The van der Waals surface area contributed by atoms with E-state index in [1.807, 2.05) is 0 Å². The van der Waals surface area contributed by atoms with Gasteiger partial charge in [0.05, 0.1) is 0 Å². The van der Waals surface area contributed by atoms with E-state index >= 15 is 0 Å². The molecule has 1 unspecified atom stereocenters. The number of piperidine rings is 1. The Balaban J connectivity index is 0.000000605. The van der Waals surface area contributed by atoms with Crippen molar-refractivity contribution in [1.82, 2.24) is 5.32 Å². The first-order valence-electron chi connectivity index (χ1n) is 4.07. The molecule has 11 heavy (non-hydrogen) atoms. The normalized spacial score (nSPS) is 27.6. The molecule has 1 aliphatic heterocycles. The average Bonchev–Trinajstić information content (AvgIpc) is 2.05. The van der Waals surface area contributed by atoms with Crippen molar-refractivity contribution in [3.63, 3.8) is 0 Å². The van der Waals surface area contributed by atoms with Gasteiger partial charge in [0.25, 0.3) is 0 Å². The molecule has 2 aliphatic rings. The number of fused-ring (bicyclic) bond motifs is 1. The summed E-state index contributed by atoms with van der Waals surface area (Å²) in [5, 5.41) is 3.43. The molecule has 2 rings (SSSR count). The maximum absolute atomic E-state index is 3.43. The van der Waals surface area contributed by atoms with Gasteiger partial charge in [-0.05, 0) is 25.3 Å². The molecule has 1 N–H and O–H groups in total. The predicted octanol–water partition coefficient (Wildman–Crippen LogP) is 1.45. The van der Waals surface area contributed by atoms with Crippen LogP contribution in [0.3, 0.4) is 0 Å². The summed E-state index contributed by atoms with van der Waals surface area (Å²) >= 11 is 0. The second kappa shape index (κ2) is 4.34. The molecule has 55 valence electrons. The fourth-order valence-corrected chi connectivity index (χ4v) is 1.74. The van der Waals surface area contributed by atoms with Crippen molar-refractivity contribution in [3.05, 3.63) is 23.9 Å². The zero-order valence-corrected chi connectivity index (χ0v) is 9.14. The van der Waals surface area contributed by atoms with E-state index in [1.54, 1.807) is 0 Å². The molecule has 1 radical (unpaired) electrons. The van der Waals surface area contributed by atoms with E-state index in [2.05, 4.69) is 23.5 Å². The molecule has 1 saturated heterocycles. The Morgan fingerprint density at radius 2 is 2.36 bits per heavy atom. The molecule has 0 aromatic heterocycles. The van der Waals surface area contributed by atoms with E-state index in [-0.39, 0.29) is 29.6 Å². The molecule has 0 amide bonds. The summed E-state index contributed by atoms with van der Waals surface area (Å²) < 4.78 is 0. The summed E-state index contributed by atoms with van der Waals surface area (Å²) in [7, 11) is 0. The van der Waals surface area contributed by atoms with E-state index in [0.29, 0.717) is 0 Å². The summed E-state index contributed by atoms with van der Waals surface area (Å²) in [6.07, 6.45) is 10.6. The minimum Gasteiger partial charge on any atom is -0.388 e. The van der Waals surface area contributed by atoms with Gasteiger partial charge >= 0.3 is 0 Å². The standard InChI is InChI=1S/C9H13N.Na/c1-2-6-9-8(4-1)5-3-7-10-9;/h1-2,6,8,10H,3-5,7H2;. The van der Waals surface area contributed by atoms with Gasteiger partial charge in [-0.2, -0.15) is 0 Å². The van der Waals surface area contributed by atoms with E-state index < -0.39 is 0 Å². The quantitative estimate of drug-likeness (QED) is 0.526. The Bertz CT molecular complexity index is 184. The number of hydrogen-bond acceptors (Lipinski definition) is 1. The van der Waals surface area contributed by atoms with Crippen LogP contribution in [-0.4, -0.2) is 36.1 Å². The predicted molar refractivity (Wildman–Crippen MR) is 48.3 cm³/mol. The molecule has 0 aromatic rings. The molecule has 1 aliphatic carbocycles. The van der Waals surface area contributed by atoms with Crippen LogP contribution in [0.1, 0.15) is 19.3 Å². The number of hydrogen-bond donors (Lipinski definition) is 1. The minimum atomic E-state index is 0. The van der Waals surface area contributed by atoms with Crippen molar-refractivity contribution in [2.75, 3.05) is 6.54 Å². The molecule has 0 aromatic carbocycles. The summed E-state index contributed by atoms with van der Waals surface area (Å²) in [5.41, 5.74) is 1.47. The van der Waals surface area contributed by atoms with Gasteiger partial charge in [-0.1, -0.05) is 12.2 Å². The first-order valence-corrected chi connectivity index (χ1v) is 4.07. The van der Waals surface area contributed by atoms with Crippen molar-refractivity contribution in [3.8, 4) is 0 Å². The van der Waals surface area contributed by atoms with Gasteiger partial charge in [-0.3, -0.25) is 0 Å². The summed E-state index contributed by atoms with van der Waals surface area (Å²) in [6.45, 7) is 1.18. The van der Waals surface area contributed by atoms with Gasteiger partial charge in [0.2, 0.25) is 0 Å². The summed E-state index contributed by atoms with van der Waals surface area (Å²) in [6, 6.07) is 0. The minimum absolute atomic E-state index is 0.